The van der Waals surface area contributed by atoms with E-state index in [0.29, 0.717) is 5.52 Å². The molecule has 3 aromatic rings. The Balaban J connectivity index is 1.87. The molecule has 3 rings (SSSR count). The van der Waals surface area contributed by atoms with Gasteiger partial charge in [-0.3, -0.25) is 9.78 Å². The maximum atomic E-state index is 13.9. The van der Waals surface area contributed by atoms with Gasteiger partial charge in [-0.05, 0) is 36.6 Å². The van der Waals surface area contributed by atoms with E-state index in [-0.39, 0.29) is 24.2 Å². The first-order valence-electron chi connectivity index (χ1n) is 8.44. The molecular formula is C20H22FN3O. The van der Waals surface area contributed by atoms with Gasteiger partial charge in [0.05, 0.1) is 18.0 Å². The number of halogens is 1. The highest BCUT2D eigenvalue weighted by Crippen LogP contribution is 2.27. The summed E-state index contributed by atoms with van der Waals surface area (Å²) in [6, 6.07) is 8.78. The number of para-hydroxylation sites is 1. The summed E-state index contributed by atoms with van der Waals surface area (Å²) in [4.78, 5) is 21.8. The molecule has 0 unspecified atom stereocenters. The van der Waals surface area contributed by atoms with Crippen LogP contribution in [0.5, 0.6) is 0 Å². The molecule has 0 radical (unpaired) electrons. The van der Waals surface area contributed by atoms with Crippen molar-refractivity contribution in [1.82, 2.24) is 14.9 Å². The quantitative estimate of drug-likeness (QED) is 0.759. The molecule has 0 fully saturated rings. The molecule has 0 aliphatic rings. The predicted molar refractivity (Wildman–Crippen MR) is 96.7 cm³/mol. The molecule has 0 bridgehead atoms. The number of H-pyrrole nitrogens is 1. The number of carbonyl (C=O) groups excluding carboxylic acids is 1. The highest BCUT2D eigenvalue weighted by molar-refractivity contribution is 5.90. The summed E-state index contributed by atoms with van der Waals surface area (Å²) < 4.78 is 13.9. The Morgan fingerprint density at radius 3 is 2.80 bits per heavy atom. The summed E-state index contributed by atoms with van der Waals surface area (Å²) >= 11 is 0. The van der Waals surface area contributed by atoms with Crippen LogP contribution in [0.25, 0.3) is 10.9 Å². The molecule has 0 aliphatic carbocycles. The van der Waals surface area contributed by atoms with E-state index in [1.807, 2.05) is 39.1 Å². The maximum Gasteiger partial charge on any atom is 0.227 e. The lowest BCUT2D eigenvalue weighted by Crippen LogP contribution is -2.32. The number of pyridine rings is 1. The first kappa shape index (κ1) is 17.1. The Morgan fingerprint density at radius 1 is 1.32 bits per heavy atom. The Hall–Kier alpha value is -2.69. The summed E-state index contributed by atoms with van der Waals surface area (Å²) in [5, 5.41) is 0.772. The molecule has 0 aliphatic heterocycles. The molecule has 1 amide bonds. The zero-order valence-electron chi connectivity index (χ0n) is 14.7. The zero-order chi connectivity index (χ0) is 18.0. The van der Waals surface area contributed by atoms with Crippen LogP contribution >= 0.6 is 0 Å². The third-order valence-corrected chi connectivity index (χ3v) is 4.75. The van der Waals surface area contributed by atoms with E-state index >= 15 is 0 Å². The third-order valence-electron chi connectivity index (χ3n) is 4.75. The number of nitrogens with zero attached hydrogens (tertiary/aromatic N) is 2. The normalized spacial score (nSPS) is 12.3. The van der Waals surface area contributed by atoms with Crippen LogP contribution < -0.4 is 0 Å². The van der Waals surface area contributed by atoms with Crippen LogP contribution in [-0.4, -0.2) is 27.8 Å². The van der Waals surface area contributed by atoms with Gasteiger partial charge in [0.2, 0.25) is 5.91 Å². The molecule has 130 valence electrons. The average Bonchev–Trinajstić information content (AvgIpc) is 2.94. The van der Waals surface area contributed by atoms with Gasteiger partial charge >= 0.3 is 0 Å². The number of rotatable bonds is 5. The van der Waals surface area contributed by atoms with Crippen molar-refractivity contribution in [1.29, 1.82) is 0 Å². The number of nitrogens with one attached hydrogen (secondary N) is 1. The van der Waals surface area contributed by atoms with Gasteiger partial charge in [0.1, 0.15) is 5.82 Å². The Kier molecular flexibility index (Phi) is 4.83. The number of hydrogen-bond acceptors (Lipinski definition) is 2. The van der Waals surface area contributed by atoms with Gasteiger partial charge < -0.3 is 9.88 Å². The van der Waals surface area contributed by atoms with Crippen LogP contribution in [0.15, 0.2) is 42.7 Å². The van der Waals surface area contributed by atoms with Crippen molar-refractivity contribution in [2.45, 2.75) is 32.7 Å². The summed E-state index contributed by atoms with van der Waals surface area (Å²) in [5.41, 5.74) is 3.16. The van der Waals surface area contributed by atoms with E-state index in [1.165, 1.54) is 6.07 Å². The molecule has 1 aromatic carbocycles. The van der Waals surface area contributed by atoms with Crippen molar-refractivity contribution in [3.63, 3.8) is 0 Å². The first-order valence-corrected chi connectivity index (χ1v) is 8.44. The molecule has 2 heterocycles. The standard InChI is InChI=1S/C20H22FN3O/c1-4-18(14-7-6-10-22-12-14)24(3)19(25)11-16-13(2)23-20-15(16)8-5-9-17(20)21/h5-10,12,18,23H,4,11H2,1-3H3/t18-/m1/s1. The molecule has 1 atom stereocenters. The monoisotopic (exact) mass is 339 g/mol. The van der Waals surface area contributed by atoms with E-state index in [9.17, 15) is 9.18 Å². The second kappa shape index (κ2) is 7.05. The van der Waals surface area contributed by atoms with Crippen LogP contribution in [-0.2, 0) is 11.2 Å². The smallest absolute Gasteiger partial charge is 0.227 e. The minimum atomic E-state index is -0.297. The first-order chi connectivity index (χ1) is 12.0. The van der Waals surface area contributed by atoms with Crippen LogP contribution in [0.4, 0.5) is 4.39 Å². The third kappa shape index (κ3) is 3.27. The molecular weight excluding hydrogens is 317 g/mol. The lowest BCUT2D eigenvalue weighted by molar-refractivity contribution is -0.131. The fourth-order valence-corrected chi connectivity index (χ4v) is 3.35. The summed E-state index contributed by atoms with van der Waals surface area (Å²) in [6.45, 7) is 3.92. The second-order valence-corrected chi connectivity index (χ2v) is 6.28. The molecule has 2 aromatic heterocycles. The van der Waals surface area contributed by atoms with E-state index < -0.39 is 0 Å². The summed E-state index contributed by atoms with van der Waals surface area (Å²) in [7, 11) is 1.81. The fourth-order valence-electron chi connectivity index (χ4n) is 3.35. The van der Waals surface area contributed by atoms with Crippen molar-refractivity contribution < 1.29 is 9.18 Å². The van der Waals surface area contributed by atoms with Gasteiger partial charge in [-0.1, -0.05) is 25.1 Å². The number of aromatic amines is 1. The average molecular weight is 339 g/mol. The minimum absolute atomic E-state index is 0.00367. The topological polar surface area (TPSA) is 49.0 Å². The molecule has 0 saturated heterocycles. The lowest BCUT2D eigenvalue weighted by Gasteiger charge is -2.27. The Morgan fingerprint density at radius 2 is 2.12 bits per heavy atom. The largest absolute Gasteiger partial charge is 0.356 e. The van der Waals surface area contributed by atoms with Crippen molar-refractivity contribution >= 4 is 16.8 Å². The van der Waals surface area contributed by atoms with E-state index in [4.69, 9.17) is 0 Å². The number of benzene rings is 1. The van der Waals surface area contributed by atoms with Gasteiger partial charge in [-0.25, -0.2) is 4.39 Å². The molecule has 25 heavy (non-hydrogen) atoms. The van der Waals surface area contributed by atoms with Crippen LogP contribution in [0.1, 0.15) is 36.2 Å². The Bertz CT molecular complexity index is 889. The van der Waals surface area contributed by atoms with Gasteiger partial charge in [0.25, 0.3) is 0 Å². The van der Waals surface area contributed by atoms with E-state index in [0.717, 1.165) is 28.6 Å². The lowest BCUT2D eigenvalue weighted by atomic mass is 10.0. The van der Waals surface area contributed by atoms with Crippen LogP contribution in [0.2, 0.25) is 0 Å². The van der Waals surface area contributed by atoms with Gasteiger partial charge in [-0.15, -0.1) is 0 Å². The Labute approximate surface area is 146 Å². The number of aryl methyl sites for hydroxylation is 1. The van der Waals surface area contributed by atoms with Crippen LogP contribution in [0.3, 0.4) is 0 Å². The van der Waals surface area contributed by atoms with Crippen LogP contribution in [0, 0.1) is 12.7 Å². The fraction of sp³-hybridized carbons (Fsp3) is 0.300. The SMILES string of the molecule is CC[C@H](c1cccnc1)N(C)C(=O)Cc1c(C)[nH]c2c(F)cccc12. The molecule has 5 heteroatoms. The predicted octanol–water partition coefficient (Wildman–Crippen LogP) is 4.16. The number of amides is 1. The number of carbonyl (C=O) groups is 1. The van der Waals surface area contributed by atoms with E-state index in [2.05, 4.69) is 9.97 Å². The zero-order valence-corrected chi connectivity index (χ0v) is 14.7. The molecule has 4 nitrogen and oxygen atoms in total. The van der Waals surface area contributed by atoms with Crippen molar-refractivity contribution in [3.05, 3.63) is 65.4 Å². The van der Waals surface area contributed by atoms with E-state index in [1.54, 1.807) is 23.4 Å². The van der Waals surface area contributed by atoms with Gasteiger partial charge in [-0.2, -0.15) is 0 Å². The molecule has 0 spiro atoms. The molecule has 1 N–H and O–H groups in total. The van der Waals surface area contributed by atoms with Gasteiger partial charge in [0.15, 0.2) is 0 Å². The van der Waals surface area contributed by atoms with Crippen molar-refractivity contribution in [2.24, 2.45) is 0 Å². The van der Waals surface area contributed by atoms with Crippen molar-refractivity contribution in [2.75, 3.05) is 7.05 Å². The maximum absolute atomic E-state index is 13.9. The molecule has 0 saturated carbocycles. The minimum Gasteiger partial charge on any atom is -0.356 e. The number of aromatic nitrogens is 2. The van der Waals surface area contributed by atoms with Gasteiger partial charge in [0, 0.05) is 30.5 Å². The van der Waals surface area contributed by atoms with Crippen molar-refractivity contribution in [3.8, 4) is 0 Å². The second-order valence-electron chi connectivity index (χ2n) is 6.28. The summed E-state index contributed by atoms with van der Waals surface area (Å²) in [5.74, 6) is -0.293. The number of likely N-dealkylation sites (N-methyl/N-ethyl adjacent to an activating group) is 1. The number of fused-ring (bicyclic) bond motifs is 1. The number of hydrogen-bond donors (Lipinski definition) is 1. The summed E-state index contributed by atoms with van der Waals surface area (Å²) in [6.07, 6.45) is 4.56. The highest BCUT2D eigenvalue weighted by Gasteiger charge is 2.22. The highest BCUT2D eigenvalue weighted by atomic mass is 19.1.